The Morgan fingerprint density at radius 1 is 1.24 bits per heavy atom. The Balaban J connectivity index is 2.11. The van der Waals surface area contributed by atoms with Gasteiger partial charge in [0.25, 0.3) is 0 Å². The van der Waals surface area contributed by atoms with Crippen molar-refractivity contribution in [1.82, 2.24) is 5.32 Å². The van der Waals surface area contributed by atoms with Gasteiger partial charge in [-0.1, -0.05) is 12.8 Å². The van der Waals surface area contributed by atoms with Crippen molar-refractivity contribution in [3.05, 3.63) is 29.8 Å². The standard InChI is InChI=1S/C15H18F2N2O2/c1-9(20)18-14(10-4-2-3-5-10)15(21)19-13-7-6-11(16)8-12(13)17/h6-8,10,14H,2-5H2,1H3,(H,18,20)(H,19,21). The van der Waals surface area contributed by atoms with Crippen LogP contribution in [0.5, 0.6) is 0 Å². The number of amides is 2. The molecule has 21 heavy (non-hydrogen) atoms. The van der Waals surface area contributed by atoms with Crippen LogP contribution in [-0.4, -0.2) is 17.9 Å². The first-order chi connectivity index (χ1) is 9.97. The van der Waals surface area contributed by atoms with Crippen LogP contribution in [0, 0.1) is 17.6 Å². The zero-order chi connectivity index (χ0) is 15.4. The van der Waals surface area contributed by atoms with E-state index in [4.69, 9.17) is 0 Å². The van der Waals surface area contributed by atoms with Gasteiger partial charge in [0.15, 0.2) is 0 Å². The van der Waals surface area contributed by atoms with Crippen molar-refractivity contribution in [3.63, 3.8) is 0 Å². The number of anilines is 1. The Bertz CT molecular complexity index is 542. The van der Waals surface area contributed by atoms with Crippen LogP contribution in [0.4, 0.5) is 14.5 Å². The van der Waals surface area contributed by atoms with E-state index in [-0.39, 0.29) is 17.5 Å². The highest BCUT2D eigenvalue weighted by Crippen LogP contribution is 2.28. The lowest BCUT2D eigenvalue weighted by Crippen LogP contribution is -2.47. The van der Waals surface area contributed by atoms with Gasteiger partial charge in [-0.25, -0.2) is 8.78 Å². The summed E-state index contributed by atoms with van der Waals surface area (Å²) in [6.45, 7) is 1.34. The van der Waals surface area contributed by atoms with Gasteiger partial charge in [0.1, 0.15) is 17.7 Å². The molecule has 1 unspecified atom stereocenters. The molecule has 0 saturated heterocycles. The number of nitrogens with one attached hydrogen (secondary N) is 2. The SMILES string of the molecule is CC(=O)NC(C(=O)Nc1ccc(F)cc1F)C1CCCC1. The average molecular weight is 296 g/mol. The summed E-state index contributed by atoms with van der Waals surface area (Å²) in [5.74, 6) is -2.27. The summed E-state index contributed by atoms with van der Waals surface area (Å²) in [7, 11) is 0. The van der Waals surface area contributed by atoms with E-state index < -0.39 is 23.6 Å². The van der Waals surface area contributed by atoms with Crippen LogP contribution in [0.25, 0.3) is 0 Å². The molecule has 0 heterocycles. The molecule has 4 nitrogen and oxygen atoms in total. The van der Waals surface area contributed by atoms with E-state index >= 15 is 0 Å². The third-order valence-electron chi connectivity index (χ3n) is 3.70. The van der Waals surface area contributed by atoms with Crippen LogP contribution in [0.2, 0.25) is 0 Å². The molecule has 2 N–H and O–H groups in total. The number of hydrogen-bond acceptors (Lipinski definition) is 2. The summed E-state index contributed by atoms with van der Waals surface area (Å²) in [5, 5.41) is 5.05. The first-order valence-corrected chi connectivity index (χ1v) is 7.00. The molecule has 0 aliphatic heterocycles. The summed E-state index contributed by atoms with van der Waals surface area (Å²) < 4.78 is 26.4. The van der Waals surface area contributed by atoms with Crippen molar-refractivity contribution < 1.29 is 18.4 Å². The zero-order valence-corrected chi connectivity index (χ0v) is 11.8. The smallest absolute Gasteiger partial charge is 0.247 e. The number of carbonyl (C=O) groups excluding carboxylic acids is 2. The normalized spacial score (nSPS) is 16.5. The average Bonchev–Trinajstić information content (AvgIpc) is 2.92. The Hall–Kier alpha value is -1.98. The quantitative estimate of drug-likeness (QED) is 0.897. The maximum absolute atomic E-state index is 13.6. The highest BCUT2D eigenvalue weighted by molar-refractivity contribution is 5.97. The first-order valence-electron chi connectivity index (χ1n) is 7.00. The lowest BCUT2D eigenvalue weighted by Gasteiger charge is -2.23. The molecule has 1 fully saturated rings. The largest absolute Gasteiger partial charge is 0.344 e. The molecule has 114 valence electrons. The highest BCUT2D eigenvalue weighted by atomic mass is 19.1. The van der Waals surface area contributed by atoms with Gasteiger partial charge in [-0.05, 0) is 30.9 Å². The van der Waals surface area contributed by atoms with Crippen LogP contribution in [0.15, 0.2) is 18.2 Å². The molecule has 1 aliphatic carbocycles. The second kappa shape index (κ2) is 6.65. The van der Waals surface area contributed by atoms with Gasteiger partial charge >= 0.3 is 0 Å². The maximum atomic E-state index is 13.6. The molecule has 6 heteroatoms. The van der Waals surface area contributed by atoms with E-state index in [1.807, 2.05) is 0 Å². The van der Waals surface area contributed by atoms with E-state index in [2.05, 4.69) is 10.6 Å². The van der Waals surface area contributed by atoms with E-state index in [1.165, 1.54) is 13.0 Å². The summed E-state index contributed by atoms with van der Waals surface area (Å²) in [5.41, 5.74) is -0.0882. The topological polar surface area (TPSA) is 58.2 Å². The van der Waals surface area contributed by atoms with Crippen molar-refractivity contribution >= 4 is 17.5 Å². The lowest BCUT2D eigenvalue weighted by atomic mass is 9.97. The molecule has 2 rings (SSSR count). The summed E-state index contributed by atoms with van der Waals surface area (Å²) in [6.07, 6.45) is 3.73. The second-order valence-corrected chi connectivity index (χ2v) is 5.34. The minimum Gasteiger partial charge on any atom is -0.344 e. The van der Waals surface area contributed by atoms with Gasteiger partial charge in [0, 0.05) is 13.0 Å². The maximum Gasteiger partial charge on any atom is 0.247 e. The van der Waals surface area contributed by atoms with Crippen molar-refractivity contribution in [2.75, 3.05) is 5.32 Å². The van der Waals surface area contributed by atoms with Crippen molar-refractivity contribution in [2.45, 2.75) is 38.6 Å². The molecule has 0 radical (unpaired) electrons. The molecule has 0 spiro atoms. The van der Waals surface area contributed by atoms with Crippen LogP contribution >= 0.6 is 0 Å². The highest BCUT2D eigenvalue weighted by Gasteiger charge is 2.31. The van der Waals surface area contributed by atoms with E-state index in [0.29, 0.717) is 6.07 Å². The predicted molar refractivity (Wildman–Crippen MR) is 74.6 cm³/mol. The molecule has 2 amide bonds. The van der Waals surface area contributed by atoms with E-state index in [9.17, 15) is 18.4 Å². The third-order valence-corrected chi connectivity index (χ3v) is 3.70. The van der Waals surface area contributed by atoms with Crippen LogP contribution < -0.4 is 10.6 Å². The molecule has 1 atom stereocenters. The van der Waals surface area contributed by atoms with E-state index in [1.54, 1.807) is 0 Å². The Morgan fingerprint density at radius 2 is 1.90 bits per heavy atom. The minimum atomic E-state index is -0.837. The van der Waals surface area contributed by atoms with Gasteiger partial charge in [-0.2, -0.15) is 0 Å². The first kappa shape index (κ1) is 15.4. The summed E-state index contributed by atoms with van der Waals surface area (Å²) in [4.78, 5) is 23.6. The fourth-order valence-corrected chi connectivity index (χ4v) is 2.71. The predicted octanol–water partition coefficient (Wildman–Crippen LogP) is 2.60. The molecular weight excluding hydrogens is 278 g/mol. The Labute approximate surface area is 121 Å². The van der Waals surface area contributed by atoms with Crippen molar-refractivity contribution in [3.8, 4) is 0 Å². The van der Waals surface area contributed by atoms with Crippen molar-refractivity contribution in [1.29, 1.82) is 0 Å². The summed E-state index contributed by atoms with van der Waals surface area (Å²) >= 11 is 0. The number of carbonyl (C=O) groups is 2. The van der Waals surface area contributed by atoms with Gasteiger partial charge in [0.2, 0.25) is 11.8 Å². The number of hydrogen-bond donors (Lipinski definition) is 2. The van der Waals surface area contributed by atoms with Crippen LogP contribution in [0.1, 0.15) is 32.6 Å². The fraction of sp³-hybridized carbons (Fsp3) is 0.467. The zero-order valence-electron chi connectivity index (χ0n) is 11.8. The monoisotopic (exact) mass is 296 g/mol. The van der Waals surface area contributed by atoms with Crippen LogP contribution in [-0.2, 0) is 9.59 Å². The number of benzene rings is 1. The van der Waals surface area contributed by atoms with Crippen LogP contribution in [0.3, 0.4) is 0 Å². The Kier molecular flexibility index (Phi) is 4.88. The molecule has 0 bridgehead atoms. The summed E-state index contributed by atoms with van der Waals surface area (Å²) in [6, 6.07) is 2.26. The van der Waals surface area contributed by atoms with Gasteiger partial charge in [-0.3, -0.25) is 9.59 Å². The Morgan fingerprint density at radius 3 is 2.48 bits per heavy atom. The second-order valence-electron chi connectivity index (χ2n) is 5.34. The lowest BCUT2D eigenvalue weighted by molar-refractivity contribution is -0.126. The van der Waals surface area contributed by atoms with Gasteiger partial charge < -0.3 is 10.6 Å². The van der Waals surface area contributed by atoms with E-state index in [0.717, 1.165) is 31.7 Å². The number of halogens is 2. The minimum absolute atomic E-state index is 0.0532. The fourth-order valence-electron chi connectivity index (χ4n) is 2.71. The molecule has 0 aromatic heterocycles. The molecule has 1 aromatic carbocycles. The molecular formula is C15H18F2N2O2. The van der Waals surface area contributed by atoms with Gasteiger partial charge in [0.05, 0.1) is 5.69 Å². The molecule has 1 aromatic rings. The van der Waals surface area contributed by atoms with Gasteiger partial charge in [-0.15, -0.1) is 0 Å². The number of rotatable bonds is 4. The van der Waals surface area contributed by atoms with Crippen molar-refractivity contribution in [2.24, 2.45) is 5.92 Å². The molecule has 1 saturated carbocycles. The third kappa shape index (κ3) is 4.00. The molecule has 1 aliphatic rings.